The highest BCUT2D eigenvalue weighted by atomic mass is 32.1. The summed E-state index contributed by atoms with van der Waals surface area (Å²) in [5.41, 5.74) is 0. The molecule has 0 aliphatic rings. The van der Waals surface area contributed by atoms with Crippen LogP contribution in [0.3, 0.4) is 0 Å². The smallest absolute Gasteiger partial charge is 0.0230 e. The maximum atomic E-state index is 6.67. The minimum atomic E-state index is 0.556. The molecule has 0 N–H and O–H groups in total. The molecule has 0 radical (unpaired) electrons. The lowest BCUT2D eigenvalue weighted by atomic mass is 10.4. The first-order valence-electron chi connectivity index (χ1n) is 2.52. The fourth-order valence-electron chi connectivity index (χ4n) is 0.112. The number of rotatable bonds is 2. The first-order valence-corrected chi connectivity index (χ1v) is 2.45. The fourth-order valence-corrected chi connectivity index (χ4v) is 0.335. The van der Waals surface area contributed by atoms with E-state index in [0.717, 1.165) is 18.6 Å². The van der Waals surface area contributed by atoms with Crippen molar-refractivity contribution in [2.75, 3.05) is 5.75 Å². The van der Waals surface area contributed by atoms with Crippen molar-refractivity contribution in [3.05, 3.63) is 0 Å². The summed E-state index contributed by atoms with van der Waals surface area (Å²) in [4.78, 5) is 0. The van der Waals surface area contributed by atoms with Crippen molar-refractivity contribution in [3.63, 3.8) is 0 Å². The Balaban J connectivity index is 2.34. The van der Waals surface area contributed by atoms with E-state index < -0.39 is 0 Å². The van der Waals surface area contributed by atoms with Crippen LogP contribution in [0, 0.1) is 0 Å². The zero-order chi connectivity index (χ0) is 4.83. The molecule has 0 nitrogen and oxygen atoms in total. The standard InChI is InChI=1S/C4H10S/c1-2-3-4-5/h5H,2-4H2,1H3/i1D. The largest absolute Gasteiger partial charge is 0.179 e. The van der Waals surface area contributed by atoms with Crippen LogP contribution in [0.5, 0.6) is 0 Å². The third kappa shape index (κ3) is 4.35. The topological polar surface area (TPSA) is 0 Å². The average Bonchev–Trinajstić information content (AvgIpc) is 1.61. The van der Waals surface area contributed by atoms with Gasteiger partial charge in [0, 0.05) is 1.37 Å². The van der Waals surface area contributed by atoms with E-state index in [1.165, 1.54) is 0 Å². The van der Waals surface area contributed by atoms with Crippen molar-refractivity contribution in [2.45, 2.75) is 19.7 Å². The van der Waals surface area contributed by atoms with E-state index in [1.807, 2.05) is 0 Å². The minimum absolute atomic E-state index is 0.556. The molecule has 0 rings (SSSR count). The third-order valence-electron chi connectivity index (χ3n) is 0.408. The van der Waals surface area contributed by atoms with Crippen LogP contribution in [0.25, 0.3) is 0 Å². The van der Waals surface area contributed by atoms with Gasteiger partial charge < -0.3 is 0 Å². The van der Waals surface area contributed by atoms with Gasteiger partial charge in [-0.05, 0) is 12.2 Å². The molecule has 5 heavy (non-hydrogen) atoms. The number of thiol groups is 1. The van der Waals surface area contributed by atoms with Gasteiger partial charge in [0.25, 0.3) is 0 Å². The molecule has 1 heteroatoms. The summed E-state index contributed by atoms with van der Waals surface area (Å²) in [7, 11) is 0. The van der Waals surface area contributed by atoms with Crippen molar-refractivity contribution in [1.82, 2.24) is 0 Å². The van der Waals surface area contributed by atoms with Crippen LogP contribution in [0.15, 0.2) is 0 Å². The van der Waals surface area contributed by atoms with Gasteiger partial charge in [-0.2, -0.15) is 12.6 Å². The molecule has 0 saturated heterocycles. The molecule has 0 fully saturated rings. The first kappa shape index (κ1) is 3.54. The third-order valence-corrected chi connectivity index (χ3v) is 0.724. The molecule has 0 atom stereocenters. The molecule has 0 aromatic heterocycles. The van der Waals surface area contributed by atoms with Crippen molar-refractivity contribution in [1.29, 1.82) is 0 Å². The van der Waals surface area contributed by atoms with E-state index in [-0.39, 0.29) is 0 Å². The summed E-state index contributed by atoms with van der Waals surface area (Å²) in [6.07, 6.45) is 2.09. The second kappa shape index (κ2) is 4.35. The molecule has 0 aliphatic heterocycles. The van der Waals surface area contributed by atoms with Gasteiger partial charge >= 0.3 is 0 Å². The molecule has 0 heterocycles. The second-order valence-corrected chi connectivity index (χ2v) is 1.38. The zero-order valence-electron chi connectivity index (χ0n) is 4.28. The predicted octanol–water partition coefficient (Wildman–Crippen LogP) is 1.72. The summed E-state index contributed by atoms with van der Waals surface area (Å²) in [6, 6.07) is 0. The van der Waals surface area contributed by atoms with Crippen molar-refractivity contribution < 1.29 is 1.37 Å². The Labute approximate surface area is 40.4 Å². The van der Waals surface area contributed by atoms with Crippen LogP contribution in [0.4, 0.5) is 0 Å². The van der Waals surface area contributed by atoms with Crippen LogP contribution < -0.4 is 0 Å². The lowest BCUT2D eigenvalue weighted by Crippen LogP contribution is -1.65. The number of unbranched alkanes of at least 4 members (excludes halogenated alkanes) is 1. The maximum absolute atomic E-state index is 6.67. The van der Waals surface area contributed by atoms with E-state index in [0.29, 0.717) is 6.90 Å². The molecular formula is C4H10S. The zero-order valence-corrected chi connectivity index (χ0v) is 4.17. The van der Waals surface area contributed by atoms with Crippen molar-refractivity contribution in [3.8, 4) is 0 Å². The van der Waals surface area contributed by atoms with Crippen molar-refractivity contribution >= 4 is 12.6 Å². The Morgan fingerprint density at radius 2 is 2.80 bits per heavy atom. The Hall–Kier alpha value is 0.350. The van der Waals surface area contributed by atoms with Crippen LogP contribution in [0.1, 0.15) is 21.1 Å². The SMILES string of the molecule is [2H]CCCCS. The molecule has 0 bridgehead atoms. The van der Waals surface area contributed by atoms with Gasteiger partial charge in [0.15, 0.2) is 0 Å². The summed E-state index contributed by atoms with van der Waals surface area (Å²) in [6.45, 7) is 0.556. The van der Waals surface area contributed by atoms with Crippen LogP contribution >= 0.6 is 12.6 Å². The Kier molecular flexibility index (Phi) is 3.08. The van der Waals surface area contributed by atoms with E-state index >= 15 is 0 Å². The van der Waals surface area contributed by atoms with Gasteiger partial charge in [-0.15, -0.1) is 0 Å². The summed E-state index contributed by atoms with van der Waals surface area (Å²) < 4.78 is 6.67. The van der Waals surface area contributed by atoms with Gasteiger partial charge in [-0.1, -0.05) is 13.3 Å². The molecule has 0 unspecified atom stereocenters. The highest BCUT2D eigenvalue weighted by Crippen LogP contribution is 1.85. The van der Waals surface area contributed by atoms with Gasteiger partial charge in [-0.3, -0.25) is 0 Å². The molecule has 0 saturated carbocycles. The molecule has 32 valence electrons. The van der Waals surface area contributed by atoms with Crippen LogP contribution in [-0.4, -0.2) is 5.75 Å². The van der Waals surface area contributed by atoms with Gasteiger partial charge in [0.1, 0.15) is 0 Å². The highest BCUT2D eigenvalue weighted by Gasteiger charge is 1.68. The van der Waals surface area contributed by atoms with Gasteiger partial charge in [-0.25, -0.2) is 0 Å². The first-order chi connectivity index (χ1) is 2.91. The van der Waals surface area contributed by atoms with Gasteiger partial charge in [0.2, 0.25) is 0 Å². The van der Waals surface area contributed by atoms with Gasteiger partial charge in [0.05, 0.1) is 0 Å². The predicted molar refractivity (Wildman–Crippen MR) is 28.8 cm³/mol. The molecule has 0 aromatic carbocycles. The van der Waals surface area contributed by atoms with Crippen LogP contribution in [0.2, 0.25) is 0 Å². The van der Waals surface area contributed by atoms with E-state index in [2.05, 4.69) is 12.6 Å². The summed E-state index contributed by atoms with van der Waals surface area (Å²) >= 11 is 3.97. The van der Waals surface area contributed by atoms with Crippen molar-refractivity contribution in [2.24, 2.45) is 0 Å². The summed E-state index contributed by atoms with van der Waals surface area (Å²) in [5.74, 6) is 0.929. The van der Waals surface area contributed by atoms with E-state index in [9.17, 15) is 0 Å². The normalized spacial score (nSPS) is 11.0. The van der Waals surface area contributed by atoms with E-state index in [4.69, 9.17) is 1.37 Å². The fraction of sp³-hybridized carbons (Fsp3) is 1.00. The number of hydrogen-bond donors (Lipinski definition) is 1. The van der Waals surface area contributed by atoms with Crippen LogP contribution in [-0.2, 0) is 0 Å². The average molecular weight is 91.2 g/mol. The maximum Gasteiger partial charge on any atom is 0.0230 e. The summed E-state index contributed by atoms with van der Waals surface area (Å²) in [5, 5.41) is 0. The molecule has 0 aliphatic carbocycles. The molecule has 0 spiro atoms. The lowest BCUT2D eigenvalue weighted by Gasteiger charge is -1.78. The van der Waals surface area contributed by atoms with E-state index in [1.54, 1.807) is 0 Å². The molecular weight excluding hydrogens is 80.1 g/mol. The Morgan fingerprint density at radius 1 is 2.00 bits per heavy atom. The quantitative estimate of drug-likeness (QED) is 0.388. The Bertz CT molecular complexity index is 19.5. The lowest BCUT2D eigenvalue weighted by molar-refractivity contribution is 0.899. The molecule has 0 aromatic rings. The molecule has 0 amide bonds. The number of hydrogen-bond acceptors (Lipinski definition) is 1. The Morgan fingerprint density at radius 3 is 3.00 bits per heavy atom. The monoisotopic (exact) mass is 91.1 g/mol. The second-order valence-electron chi connectivity index (χ2n) is 0.931. The minimum Gasteiger partial charge on any atom is -0.179 e. The highest BCUT2D eigenvalue weighted by molar-refractivity contribution is 7.80.